The quantitative estimate of drug-likeness (QED) is 0.594. The summed E-state index contributed by atoms with van der Waals surface area (Å²) in [6.07, 6.45) is 3.35. The summed E-state index contributed by atoms with van der Waals surface area (Å²) in [6, 6.07) is 23.0. The van der Waals surface area contributed by atoms with E-state index in [9.17, 15) is 4.79 Å². The Morgan fingerprint density at radius 3 is 2.38 bits per heavy atom. The van der Waals surface area contributed by atoms with Gasteiger partial charge in [-0.05, 0) is 24.3 Å². The highest BCUT2D eigenvalue weighted by atomic mass is 16.3. The van der Waals surface area contributed by atoms with Crippen LogP contribution in [0.5, 0.6) is 0 Å². The van der Waals surface area contributed by atoms with Gasteiger partial charge in [0.1, 0.15) is 11.5 Å². The van der Waals surface area contributed by atoms with Crippen LogP contribution in [0, 0.1) is 0 Å². The molecule has 2 aromatic heterocycles. The summed E-state index contributed by atoms with van der Waals surface area (Å²) < 4.78 is 7.00. The first-order valence-electron chi connectivity index (χ1n) is 8.32. The third kappa shape index (κ3) is 3.28. The molecule has 0 saturated heterocycles. The van der Waals surface area contributed by atoms with E-state index < -0.39 is 0 Å². The number of carbonyl (C=O) groups excluding carboxylic acids is 1. The minimum atomic E-state index is -0.192. The van der Waals surface area contributed by atoms with Crippen LogP contribution < -0.4 is 5.32 Å². The van der Waals surface area contributed by atoms with E-state index in [1.54, 1.807) is 23.2 Å². The van der Waals surface area contributed by atoms with Crippen LogP contribution >= 0.6 is 0 Å². The Hall–Kier alpha value is -3.60. The van der Waals surface area contributed by atoms with Crippen LogP contribution in [-0.2, 0) is 6.54 Å². The predicted octanol–water partition coefficient (Wildman–Crippen LogP) is 4.06. The third-order valence-electron chi connectivity index (χ3n) is 4.03. The molecule has 0 saturated carbocycles. The molecule has 4 aromatic rings. The summed E-state index contributed by atoms with van der Waals surface area (Å²) in [5.74, 6) is 0.512. The molecule has 2 heterocycles. The lowest BCUT2D eigenvalue weighted by Gasteiger charge is -2.03. The number of nitrogens with zero attached hydrogens (tertiary/aromatic N) is 2. The SMILES string of the molecule is O=C(NCc1ccco1)c1cn(-c2ccccc2)nc1-c1ccccc1. The second-order valence-corrected chi connectivity index (χ2v) is 5.80. The second-order valence-electron chi connectivity index (χ2n) is 5.80. The van der Waals surface area contributed by atoms with Crippen molar-refractivity contribution >= 4 is 5.91 Å². The number of furan rings is 1. The molecule has 1 N–H and O–H groups in total. The Labute approximate surface area is 150 Å². The maximum atomic E-state index is 12.8. The van der Waals surface area contributed by atoms with Gasteiger partial charge in [0.05, 0.1) is 24.1 Å². The molecule has 0 atom stereocenters. The van der Waals surface area contributed by atoms with Gasteiger partial charge in [-0.2, -0.15) is 5.10 Å². The van der Waals surface area contributed by atoms with Crippen LogP contribution in [0.25, 0.3) is 16.9 Å². The predicted molar refractivity (Wildman–Crippen MR) is 98.9 cm³/mol. The Morgan fingerprint density at radius 1 is 0.962 bits per heavy atom. The highest BCUT2D eigenvalue weighted by Gasteiger charge is 2.18. The van der Waals surface area contributed by atoms with Crippen molar-refractivity contribution in [2.75, 3.05) is 0 Å². The fourth-order valence-corrected chi connectivity index (χ4v) is 2.74. The summed E-state index contributed by atoms with van der Waals surface area (Å²) in [4.78, 5) is 12.8. The first kappa shape index (κ1) is 15.9. The lowest BCUT2D eigenvalue weighted by molar-refractivity contribution is 0.0948. The van der Waals surface area contributed by atoms with E-state index in [2.05, 4.69) is 10.4 Å². The van der Waals surface area contributed by atoms with Crippen LogP contribution in [0.2, 0.25) is 0 Å². The van der Waals surface area contributed by atoms with E-state index in [0.717, 1.165) is 11.3 Å². The number of amides is 1. The van der Waals surface area contributed by atoms with Crippen molar-refractivity contribution < 1.29 is 9.21 Å². The summed E-state index contributed by atoms with van der Waals surface area (Å²) in [5.41, 5.74) is 2.96. The molecule has 1 amide bonds. The zero-order valence-electron chi connectivity index (χ0n) is 14.0. The molecule has 0 aliphatic rings. The number of hydrogen-bond donors (Lipinski definition) is 1. The molecular weight excluding hydrogens is 326 g/mol. The topological polar surface area (TPSA) is 60.1 Å². The van der Waals surface area contributed by atoms with Crippen molar-refractivity contribution in [1.29, 1.82) is 0 Å². The van der Waals surface area contributed by atoms with E-state index >= 15 is 0 Å². The third-order valence-corrected chi connectivity index (χ3v) is 4.03. The molecule has 4 rings (SSSR count). The van der Waals surface area contributed by atoms with Gasteiger partial charge in [-0.1, -0.05) is 48.5 Å². The van der Waals surface area contributed by atoms with Gasteiger partial charge in [-0.15, -0.1) is 0 Å². The van der Waals surface area contributed by atoms with Gasteiger partial charge in [0.15, 0.2) is 0 Å². The van der Waals surface area contributed by atoms with Gasteiger partial charge in [0.2, 0.25) is 0 Å². The molecule has 0 aliphatic heterocycles. The van der Waals surface area contributed by atoms with Crippen molar-refractivity contribution in [1.82, 2.24) is 15.1 Å². The molecular formula is C21H17N3O2. The molecule has 0 bridgehead atoms. The first-order chi connectivity index (χ1) is 12.8. The normalized spacial score (nSPS) is 10.6. The largest absolute Gasteiger partial charge is 0.467 e. The van der Waals surface area contributed by atoms with Crippen molar-refractivity contribution in [3.8, 4) is 16.9 Å². The Kier molecular flexibility index (Phi) is 4.35. The molecule has 0 aliphatic carbocycles. The fraction of sp³-hybridized carbons (Fsp3) is 0.0476. The van der Waals surface area contributed by atoms with Gasteiger partial charge in [0.25, 0.3) is 5.91 Å². The molecule has 5 nitrogen and oxygen atoms in total. The zero-order chi connectivity index (χ0) is 17.8. The lowest BCUT2D eigenvalue weighted by atomic mass is 10.1. The van der Waals surface area contributed by atoms with Crippen LogP contribution in [0.3, 0.4) is 0 Å². The minimum Gasteiger partial charge on any atom is -0.467 e. The number of carbonyl (C=O) groups is 1. The van der Waals surface area contributed by atoms with Gasteiger partial charge in [0, 0.05) is 11.8 Å². The number of nitrogens with one attached hydrogen (secondary N) is 1. The van der Waals surface area contributed by atoms with Crippen LogP contribution in [0.4, 0.5) is 0 Å². The summed E-state index contributed by atoms with van der Waals surface area (Å²) in [6.45, 7) is 0.330. The summed E-state index contributed by atoms with van der Waals surface area (Å²) >= 11 is 0. The average Bonchev–Trinajstić information content (AvgIpc) is 3.37. The van der Waals surface area contributed by atoms with Crippen molar-refractivity contribution in [2.24, 2.45) is 0 Å². The summed E-state index contributed by atoms with van der Waals surface area (Å²) in [5, 5.41) is 7.54. The monoisotopic (exact) mass is 343 g/mol. The highest BCUT2D eigenvalue weighted by molar-refractivity contribution is 5.99. The van der Waals surface area contributed by atoms with Gasteiger partial charge in [-0.25, -0.2) is 4.68 Å². The van der Waals surface area contributed by atoms with Gasteiger partial charge < -0.3 is 9.73 Å². The van der Waals surface area contributed by atoms with Gasteiger partial charge in [-0.3, -0.25) is 4.79 Å². The molecule has 2 aromatic carbocycles. The molecule has 128 valence electrons. The standard InChI is InChI=1S/C21H17N3O2/c25-21(22-14-18-12-7-13-26-18)19-15-24(17-10-5-2-6-11-17)23-20(19)16-8-3-1-4-9-16/h1-13,15H,14H2,(H,22,25). The molecule has 0 fully saturated rings. The number of hydrogen-bond acceptors (Lipinski definition) is 3. The number of para-hydroxylation sites is 1. The van der Waals surface area contributed by atoms with E-state index in [0.29, 0.717) is 23.6 Å². The minimum absolute atomic E-state index is 0.192. The number of benzene rings is 2. The molecule has 26 heavy (non-hydrogen) atoms. The molecule has 0 spiro atoms. The van der Waals surface area contributed by atoms with Crippen molar-refractivity contribution in [3.63, 3.8) is 0 Å². The zero-order valence-corrected chi connectivity index (χ0v) is 14.0. The Balaban J connectivity index is 1.69. The number of aromatic nitrogens is 2. The average molecular weight is 343 g/mol. The van der Waals surface area contributed by atoms with Crippen LogP contribution in [0.1, 0.15) is 16.1 Å². The highest BCUT2D eigenvalue weighted by Crippen LogP contribution is 2.23. The molecule has 0 radical (unpaired) electrons. The van der Waals surface area contributed by atoms with Gasteiger partial charge >= 0.3 is 0 Å². The van der Waals surface area contributed by atoms with E-state index in [1.165, 1.54) is 0 Å². The Morgan fingerprint density at radius 2 is 1.69 bits per heavy atom. The van der Waals surface area contributed by atoms with Crippen LogP contribution in [-0.4, -0.2) is 15.7 Å². The number of rotatable bonds is 5. The fourth-order valence-electron chi connectivity index (χ4n) is 2.74. The smallest absolute Gasteiger partial charge is 0.255 e. The lowest BCUT2D eigenvalue weighted by Crippen LogP contribution is -2.22. The molecule has 5 heteroatoms. The molecule has 0 unspecified atom stereocenters. The van der Waals surface area contributed by atoms with Crippen molar-refractivity contribution in [2.45, 2.75) is 6.54 Å². The van der Waals surface area contributed by atoms with E-state index in [-0.39, 0.29) is 5.91 Å². The Bertz CT molecular complexity index is 990. The van der Waals surface area contributed by atoms with E-state index in [1.807, 2.05) is 66.7 Å². The van der Waals surface area contributed by atoms with Crippen LogP contribution in [0.15, 0.2) is 89.7 Å². The first-order valence-corrected chi connectivity index (χ1v) is 8.32. The summed E-state index contributed by atoms with van der Waals surface area (Å²) in [7, 11) is 0. The maximum absolute atomic E-state index is 12.8. The second kappa shape index (κ2) is 7.11. The van der Waals surface area contributed by atoms with Crippen molar-refractivity contribution in [3.05, 3.63) is 96.6 Å². The van der Waals surface area contributed by atoms with E-state index in [4.69, 9.17) is 4.42 Å². The maximum Gasteiger partial charge on any atom is 0.255 e.